The normalized spacial score (nSPS) is 19.5. The lowest BCUT2D eigenvalue weighted by Gasteiger charge is -2.22. The molecule has 0 aliphatic carbocycles. The van der Waals surface area contributed by atoms with E-state index in [-0.39, 0.29) is 0 Å². The molecule has 19 heavy (non-hydrogen) atoms. The van der Waals surface area contributed by atoms with Crippen molar-refractivity contribution in [2.45, 2.75) is 19.3 Å². The van der Waals surface area contributed by atoms with Gasteiger partial charge in [0.2, 0.25) is 0 Å². The Hall–Kier alpha value is -1.61. The summed E-state index contributed by atoms with van der Waals surface area (Å²) < 4.78 is 0. The Morgan fingerprint density at radius 3 is 3.05 bits per heavy atom. The fourth-order valence-corrected chi connectivity index (χ4v) is 2.74. The van der Waals surface area contributed by atoms with E-state index in [1.165, 1.54) is 37.7 Å². The highest BCUT2D eigenvalue weighted by Gasteiger charge is 2.12. The van der Waals surface area contributed by atoms with Crippen LogP contribution in [0.5, 0.6) is 0 Å². The number of aromatic nitrogens is 1. The summed E-state index contributed by atoms with van der Waals surface area (Å²) in [4.78, 5) is 4.63. The van der Waals surface area contributed by atoms with Crippen LogP contribution in [0.1, 0.15) is 19.3 Å². The molecule has 1 atom stereocenters. The molecule has 0 radical (unpaired) electrons. The molecule has 3 nitrogen and oxygen atoms in total. The smallest absolute Gasteiger partial charge is 0.126 e. The Balaban J connectivity index is 1.56. The third-order valence-electron chi connectivity index (χ3n) is 3.86. The van der Waals surface area contributed by atoms with Gasteiger partial charge in [0, 0.05) is 11.9 Å². The predicted octanol–water partition coefficient (Wildman–Crippen LogP) is 3.04. The number of para-hydroxylation sites is 1. The summed E-state index contributed by atoms with van der Waals surface area (Å²) in [5.74, 6) is 1.81. The Morgan fingerprint density at radius 2 is 2.16 bits per heavy atom. The molecule has 100 valence electrons. The van der Waals surface area contributed by atoms with E-state index < -0.39 is 0 Å². The van der Waals surface area contributed by atoms with Gasteiger partial charge in [-0.15, -0.1) is 0 Å². The van der Waals surface area contributed by atoms with Crippen LogP contribution in [0.15, 0.2) is 36.4 Å². The van der Waals surface area contributed by atoms with Crippen molar-refractivity contribution in [3.05, 3.63) is 36.4 Å². The molecule has 2 aromatic rings. The quantitative estimate of drug-likeness (QED) is 0.881. The maximum atomic E-state index is 4.63. The van der Waals surface area contributed by atoms with Crippen molar-refractivity contribution < 1.29 is 0 Å². The largest absolute Gasteiger partial charge is 0.370 e. The van der Waals surface area contributed by atoms with Gasteiger partial charge in [-0.2, -0.15) is 0 Å². The van der Waals surface area contributed by atoms with E-state index in [1.54, 1.807) is 0 Å². The summed E-state index contributed by atoms with van der Waals surface area (Å²) >= 11 is 0. The second-order valence-corrected chi connectivity index (χ2v) is 5.32. The average Bonchev–Trinajstić information content (AvgIpc) is 2.48. The van der Waals surface area contributed by atoms with E-state index in [1.807, 2.05) is 12.1 Å². The number of nitrogens with zero attached hydrogens (tertiary/aromatic N) is 1. The van der Waals surface area contributed by atoms with Gasteiger partial charge in [-0.1, -0.05) is 18.2 Å². The van der Waals surface area contributed by atoms with E-state index in [0.717, 1.165) is 23.8 Å². The van der Waals surface area contributed by atoms with Crippen LogP contribution in [-0.4, -0.2) is 24.6 Å². The molecule has 0 bridgehead atoms. The summed E-state index contributed by atoms with van der Waals surface area (Å²) in [6.45, 7) is 3.38. The number of hydrogen-bond donors (Lipinski definition) is 2. The van der Waals surface area contributed by atoms with Gasteiger partial charge in [0.15, 0.2) is 0 Å². The number of fused-ring (bicyclic) bond motifs is 1. The molecule has 1 aromatic heterocycles. The lowest BCUT2D eigenvalue weighted by molar-refractivity contribution is 0.364. The first kappa shape index (κ1) is 12.4. The lowest BCUT2D eigenvalue weighted by Crippen LogP contribution is -2.30. The van der Waals surface area contributed by atoms with Crippen LogP contribution in [0.25, 0.3) is 10.9 Å². The van der Waals surface area contributed by atoms with E-state index in [0.29, 0.717) is 0 Å². The minimum Gasteiger partial charge on any atom is -0.370 e. The summed E-state index contributed by atoms with van der Waals surface area (Å²) in [6, 6.07) is 12.4. The maximum Gasteiger partial charge on any atom is 0.126 e. The predicted molar refractivity (Wildman–Crippen MR) is 80.4 cm³/mol. The second-order valence-electron chi connectivity index (χ2n) is 5.32. The standard InChI is InChI=1S/C16H21N3/c1-2-6-15-14(5-1)7-8-16(19-15)18-11-9-13-4-3-10-17-12-13/h1-2,5-8,13,17H,3-4,9-12H2,(H,18,19). The van der Waals surface area contributed by atoms with Crippen molar-refractivity contribution in [2.75, 3.05) is 25.0 Å². The molecule has 1 aromatic carbocycles. The van der Waals surface area contributed by atoms with Crippen molar-refractivity contribution in [1.82, 2.24) is 10.3 Å². The highest BCUT2D eigenvalue weighted by atomic mass is 15.0. The summed E-state index contributed by atoms with van der Waals surface area (Å²) in [7, 11) is 0. The minimum absolute atomic E-state index is 0.821. The average molecular weight is 255 g/mol. The van der Waals surface area contributed by atoms with Gasteiger partial charge in [-0.3, -0.25) is 0 Å². The van der Waals surface area contributed by atoms with Gasteiger partial charge < -0.3 is 10.6 Å². The highest BCUT2D eigenvalue weighted by Crippen LogP contribution is 2.16. The van der Waals surface area contributed by atoms with Crippen molar-refractivity contribution in [3.63, 3.8) is 0 Å². The number of piperidine rings is 1. The van der Waals surface area contributed by atoms with Crippen LogP contribution in [0.2, 0.25) is 0 Å². The SMILES string of the molecule is c1ccc2nc(NCCC3CCCNC3)ccc2c1. The van der Waals surface area contributed by atoms with E-state index in [4.69, 9.17) is 0 Å². The summed E-state index contributed by atoms with van der Waals surface area (Å²) in [6.07, 6.45) is 3.90. The first-order chi connectivity index (χ1) is 9.42. The van der Waals surface area contributed by atoms with Crippen LogP contribution in [0, 0.1) is 5.92 Å². The van der Waals surface area contributed by atoms with Crippen LogP contribution >= 0.6 is 0 Å². The number of nitrogens with one attached hydrogen (secondary N) is 2. The van der Waals surface area contributed by atoms with Crippen LogP contribution in [0.4, 0.5) is 5.82 Å². The number of benzene rings is 1. The molecule has 2 N–H and O–H groups in total. The molecular formula is C16H21N3. The molecule has 1 aliphatic rings. The number of anilines is 1. The second kappa shape index (κ2) is 6.02. The zero-order valence-corrected chi connectivity index (χ0v) is 11.2. The molecule has 0 amide bonds. The fraction of sp³-hybridized carbons (Fsp3) is 0.438. The third kappa shape index (κ3) is 3.24. The third-order valence-corrected chi connectivity index (χ3v) is 3.86. The van der Waals surface area contributed by atoms with Gasteiger partial charge in [0.05, 0.1) is 5.52 Å². The minimum atomic E-state index is 0.821. The molecule has 3 rings (SSSR count). The van der Waals surface area contributed by atoms with Crippen molar-refractivity contribution >= 4 is 16.7 Å². The Morgan fingerprint density at radius 1 is 1.21 bits per heavy atom. The summed E-state index contributed by atoms with van der Waals surface area (Å²) in [5, 5.41) is 8.11. The van der Waals surface area contributed by atoms with Crippen LogP contribution < -0.4 is 10.6 Å². The first-order valence-electron chi connectivity index (χ1n) is 7.22. The molecule has 1 unspecified atom stereocenters. The van der Waals surface area contributed by atoms with Gasteiger partial charge in [-0.05, 0) is 56.5 Å². The van der Waals surface area contributed by atoms with E-state index >= 15 is 0 Å². The van der Waals surface area contributed by atoms with E-state index in [9.17, 15) is 0 Å². The van der Waals surface area contributed by atoms with E-state index in [2.05, 4.69) is 39.9 Å². The van der Waals surface area contributed by atoms with Crippen molar-refractivity contribution in [3.8, 4) is 0 Å². The van der Waals surface area contributed by atoms with Crippen molar-refractivity contribution in [2.24, 2.45) is 5.92 Å². The zero-order valence-electron chi connectivity index (χ0n) is 11.2. The molecule has 2 heterocycles. The van der Waals surface area contributed by atoms with Crippen LogP contribution in [0.3, 0.4) is 0 Å². The van der Waals surface area contributed by atoms with Gasteiger partial charge >= 0.3 is 0 Å². The Kier molecular flexibility index (Phi) is 3.94. The monoisotopic (exact) mass is 255 g/mol. The highest BCUT2D eigenvalue weighted by molar-refractivity contribution is 5.79. The molecule has 0 saturated carbocycles. The Labute approximate surface area is 114 Å². The molecule has 1 aliphatic heterocycles. The maximum absolute atomic E-state index is 4.63. The molecule has 3 heteroatoms. The zero-order chi connectivity index (χ0) is 12.9. The lowest BCUT2D eigenvalue weighted by atomic mass is 9.96. The fourth-order valence-electron chi connectivity index (χ4n) is 2.74. The first-order valence-corrected chi connectivity index (χ1v) is 7.22. The molecular weight excluding hydrogens is 234 g/mol. The number of hydrogen-bond acceptors (Lipinski definition) is 3. The van der Waals surface area contributed by atoms with Crippen molar-refractivity contribution in [1.29, 1.82) is 0 Å². The van der Waals surface area contributed by atoms with Gasteiger partial charge in [0.1, 0.15) is 5.82 Å². The molecule has 0 spiro atoms. The number of pyridine rings is 1. The van der Waals surface area contributed by atoms with Gasteiger partial charge in [0.25, 0.3) is 0 Å². The molecule has 1 fully saturated rings. The Bertz CT molecular complexity index is 532. The summed E-state index contributed by atoms with van der Waals surface area (Å²) in [5.41, 5.74) is 1.06. The number of rotatable bonds is 4. The topological polar surface area (TPSA) is 37.0 Å². The van der Waals surface area contributed by atoms with Gasteiger partial charge in [-0.25, -0.2) is 4.98 Å². The molecule has 1 saturated heterocycles. The van der Waals surface area contributed by atoms with Crippen LogP contribution in [-0.2, 0) is 0 Å².